The Kier molecular flexibility index (Phi) is 77.4. The second-order valence-corrected chi connectivity index (χ2v) is 32.4. The molecule has 0 saturated carbocycles. The van der Waals surface area contributed by atoms with Gasteiger partial charge in [-0.15, -0.1) is 0 Å². The van der Waals surface area contributed by atoms with E-state index in [2.05, 4.69) is 76.3 Å². The number of phosphoric acid groups is 2. The van der Waals surface area contributed by atoms with Crippen LogP contribution in [-0.2, 0) is 65.4 Å². The third-order valence-corrected chi connectivity index (χ3v) is 20.9. The largest absolute Gasteiger partial charge is 0.472 e. The van der Waals surface area contributed by atoms with Crippen LogP contribution in [0.1, 0.15) is 413 Å². The third-order valence-electron chi connectivity index (χ3n) is 19.0. The highest BCUT2D eigenvalue weighted by atomic mass is 31.2. The molecular formula is C87H160O17P2. The lowest BCUT2D eigenvalue weighted by Crippen LogP contribution is -2.30. The van der Waals surface area contributed by atoms with Gasteiger partial charge < -0.3 is 33.8 Å². The lowest BCUT2D eigenvalue weighted by atomic mass is 10.0. The summed E-state index contributed by atoms with van der Waals surface area (Å²) >= 11 is 0. The monoisotopic (exact) mass is 1540 g/mol. The molecule has 0 aromatic heterocycles. The zero-order valence-corrected chi connectivity index (χ0v) is 69.9. The molecular weight excluding hydrogens is 1380 g/mol. The van der Waals surface area contributed by atoms with E-state index in [0.29, 0.717) is 32.1 Å². The fourth-order valence-corrected chi connectivity index (χ4v) is 13.9. The first-order valence-corrected chi connectivity index (χ1v) is 46.5. The first-order valence-electron chi connectivity index (χ1n) is 43.5. The first kappa shape index (κ1) is 103. The second kappa shape index (κ2) is 79.8. The van der Waals surface area contributed by atoms with Crippen molar-refractivity contribution in [3.05, 3.63) is 60.8 Å². The normalized spacial score (nSPS) is 14.1. The minimum absolute atomic E-state index is 0.0902. The number of allylic oxidation sites excluding steroid dienone is 10. The number of unbranched alkanes of at least 4 members (excludes halogenated alkanes) is 47. The molecule has 0 aliphatic heterocycles. The Morgan fingerprint density at radius 3 is 0.774 bits per heavy atom. The molecule has 0 radical (unpaired) electrons. The van der Waals surface area contributed by atoms with E-state index >= 15 is 0 Å². The van der Waals surface area contributed by atoms with Gasteiger partial charge in [0.15, 0.2) is 12.2 Å². The number of rotatable bonds is 83. The van der Waals surface area contributed by atoms with Gasteiger partial charge in [-0.1, -0.05) is 358 Å². The summed E-state index contributed by atoms with van der Waals surface area (Å²) < 4.78 is 68.8. The Labute approximate surface area is 648 Å². The van der Waals surface area contributed by atoms with Crippen LogP contribution >= 0.6 is 15.6 Å². The minimum Gasteiger partial charge on any atom is -0.462 e. The van der Waals surface area contributed by atoms with E-state index in [1.807, 2.05) is 12.2 Å². The Bertz CT molecular complexity index is 2240. The summed E-state index contributed by atoms with van der Waals surface area (Å²) in [5.74, 6) is -2.20. The lowest BCUT2D eigenvalue weighted by Gasteiger charge is -2.21. The molecule has 0 aliphatic rings. The number of aliphatic hydroxyl groups excluding tert-OH is 1. The van der Waals surface area contributed by atoms with Crippen molar-refractivity contribution in [2.75, 3.05) is 39.6 Å². The van der Waals surface area contributed by atoms with E-state index in [9.17, 15) is 43.2 Å². The van der Waals surface area contributed by atoms with Crippen LogP contribution in [0.5, 0.6) is 0 Å². The topological polar surface area (TPSA) is 237 Å². The number of hydrogen-bond acceptors (Lipinski definition) is 15. The number of carbonyl (C=O) groups excluding carboxylic acids is 4. The maximum atomic E-state index is 13.1. The van der Waals surface area contributed by atoms with Crippen molar-refractivity contribution in [3.63, 3.8) is 0 Å². The van der Waals surface area contributed by atoms with Gasteiger partial charge in [0.25, 0.3) is 0 Å². The smallest absolute Gasteiger partial charge is 0.462 e. The quantitative estimate of drug-likeness (QED) is 0.0169. The molecule has 0 aromatic carbocycles. The highest BCUT2D eigenvalue weighted by Gasteiger charge is 2.30. The molecule has 2 unspecified atom stereocenters. The molecule has 0 amide bonds. The number of aliphatic hydroxyl groups is 1. The standard InChI is InChI=1S/C87H160O17P2/c1-5-9-13-17-21-25-29-33-37-40-44-47-51-55-59-63-67-71-84(89)97-77-82(103-86(91)73-69-65-61-57-53-49-43-36-32-28-24-20-16-12-8-4)79-101-105(93,94)99-75-81(88)76-100-106(95,96)102-80-83(104-87(92)74-70-66-62-58-54-50-46-42-39-35-31-27-23-19-15-11-7-3)78-98-85(90)72-68-64-60-56-52-48-45-41-38-34-30-26-22-18-14-10-6-2/h22,26,34,36,38,43,45,48,56,60,81-83,88H,5-21,23-25,27-33,35,37,39-42,44,46-47,49-55,57-59,61-80H2,1-4H3,(H,93,94)(H,95,96)/b26-22-,38-34-,43-36-,48-45-,60-56-/t81-,82+,83+/m0/s1. The van der Waals surface area contributed by atoms with Gasteiger partial charge in [0.2, 0.25) is 0 Å². The minimum atomic E-state index is -4.99. The molecule has 0 aliphatic carbocycles. The molecule has 0 heterocycles. The maximum Gasteiger partial charge on any atom is 0.472 e. The van der Waals surface area contributed by atoms with Crippen molar-refractivity contribution in [2.24, 2.45) is 0 Å². The van der Waals surface area contributed by atoms with E-state index in [1.165, 1.54) is 218 Å². The Morgan fingerprint density at radius 2 is 0.472 bits per heavy atom. The average molecular weight is 1540 g/mol. The van der Waals surface area contributed by atoms with Gasteiger partial charge in [-0.05, 0) is 89.9 Å². The third kappa shape index (κ3) is 78.9. The van der Waals surface area contributed by atoms with Gasteiger partial charge in [0.1, 0.15) is 19.3 Å². The molecule has 0 aromatic rings. The molecule has 17 nitrogen and oxygen atoms in total. The number of phosphoric ester groups is 2. The molecule has 5 atom stereocenters. The van der Waals surface area contributed by atoms with E-state index in [-0.39, 0.29) is 25.7 Å². The molecule has 0 spiro atoms. The predicted octanol–water partition coefficient (Wildman–Crippen LogP) is 25.8. The molecule has 3 N–H and O–H groups in total. The van der Waals surface area contributed by atoms with Gasteiger partial charge in [-0.2, -0.15) is 0 Å². The number of esters is 4. The maximum absolute atomic E-state index is 13.1. The van der Waals surface area contributed by atoms with Gasteiger partial charge in [-0.3, -0.25) is 37.3 Å². The van der Waals surface area contributed by atoms with E-state index in [4.69, 9.17) is 37.0 Å². The van der Waals surface area contributed by atoms with Crippen molar-refractivity contribution in [1.29, 1.82) is 0 Å². The Balaban J connectivity index is 5.37. The summed E-state index contributed by atoms with van der Waals surface area (Å²) in [6, 6.07) is 0. The highest BCUT2D eigenvalue weighted by Crippen LogP contribution is 2.45. The second-order valence-electron chi connectivity index (χ2n) is 29.5. The van der Waals surface area contributed by atoms with Crippen LogP contribution in [0, 0.1) is 0 Å². The molecule has 19 heteroatoms. The molecule has 106 heavy (non-hydrogen) atoms. The lowest BCUT2D eigenvalue weighted by molar-refractivity contribution is -0.161. The van der Waals surface area contributed by atoms with Gasteiger partial charge in [0, 0.05) is 25.7 Å². The summed E-state index contributed by atoms with van der Waals surface area (Å²) in [7, 11) is -9.96. The SMILES string of the molecule is CCCCC/C=C\C/C=C\C/C=C\C/C=C\CCCC(=O)OC[C@H](COP(=O)(O)OC[C@@H](O)COP(=O)(O)OC[C@@H](COC(=O)CCCCCCCCCCCCCCCCCCC)OC(=O)CCCCCCC/C=C\CCCCCCCC)OC(=O)CCCCCCCCCCCCCCCCCCC. The highest BCUT2D eigenvalue weighted by molar-refractivity contribution is 7.47. The fourth-order valence-electron chi connectivity index (χ4n) is 12.3. The molecule has 0 rings (SSSR count). The van der Waals surface area contributed by atoms with Crippen molar-refractivity contribution in [3.8, 4) is 0 Å². The van der Waals surface area contributed by atoms with Crippen LogP contribution in [0.15, 0.2) is 60.8 Å². The van der Waals surface area contributed by atoms with Crippen LogP contribution < -0.4 is 0 Å². The molecule has 0 bridgehead atoms. The van der Waals surface area contributed by atoms with Crippen molar-refractivity contribution >= 4 is 39.5 Å². The average Bonchev–Trinajstić information content (AvgIpc) is 0.902. The first-order chi connectivity index (χ1) is 51.7. The van der Waals surface area contributed by atoms with Gasteiger partial charge in [0.05, 0.1) is 26.4 Å². The molecule has 620 valence electrons. The van der Waals surface area contributed by atoms with Crippen LogP contribution in [0.2, 0.25) is 0 Å². The van der Waals surface area contributed by atoms with Gasteiger partial charge >= 0.3 is 39.5 Å². The zero-order valence-electron chi connectivity index (χ0n) is 68.1. The number of carbonyl (C=O) groups is 4. The number of ether oxygens (including phenoxy) is 4. The molecule has 0 fully saturated rings. The Morgan fingerprint density at radius 1 is 0.264 bits per heavy atom. The summed E-state index contributed by atoms with van der Waals surface area (Å²) in [5.41, 5.74) is 0. The van der Waals surface area contributed by atoms with Crippen LogP contribution in [0.4, 0.5) is 0 Å². The fraction of sp³-hybridized carbons (Fsp3) is 0.839. The van der Waals surface area contributed by atoms with Gasteiger partial charge in [-0.25, -0.2) is 9.13 Å². The van der Waals surface area contributed by atoms with E-state index in [1.54, 1.807) is 0 Å². The predicted molar refractivity (Wildman–Crippen MR) is 437 cm³/mol. The summed E-state index contributed by atoms with van der Waals surface area (Å²) in [6.07, 6.45) is 81.9. The van der Waals surface area contributed by atoms with E-state index < -0.39 is 97.5 Å². The van der Waals surface area contributed by atoms with Crippen molar-refractivity contribution < 1.29 is 80.2 Å². The van der Waals surface area contributed by atoms with Crippen LogP contribution in [-0.4, -0.2) is 96.7 Å². The summed E-state index contributed by atoms with van der Waals surface area (Å²) in [5, 5.41) is 10.7. The number of hydrogen-bond donors (Lipinski definition) is 3. The van der Waals surface area contributed by atoms with E-state index in [0.717, 1.165) is 109 Å². The van der Waals surface area contributed by atoms with Crippen LogP contribution in [0.3, 0.4) is 0 Å². The summed E-state index contributed by atoms with van der Waals surface area (Å²) in [6.45, 7) is 4.89. The summed E-state index contributed by atoms with van der Waals surface area (Å²) in [4.78, 5) is 73.2. The van der Waals surface area contributed by atoms with Crippen LogP contribution in [0.25, 0.3) is 0 Å². The molecule has 0 saturated heterocycles. The Hall–Kier alpha value is -3.24. The zero-order chi connectivity index (χ0) is 77.4. The van der Waals surface area contributed by atoms with Crippen molar-refractivity contribution in [2.45, 2.75) is 431 Å². The van der Waals surface area contributed by atoms with Crippen molar-refractivity contribution in [1.82, 2.24) is 0 Å².